The summed E-state index contributed by atoms with van der Waals surface area (Å²) in [4.78, 5) is 10.8. The lowest BCUT2D eigenvalue weighted by Gasteiger charge is -2.16. The first-order chi connectivity index (χ1) is 8.78. The number of esters is 1. The zero-order valence-corrected chi connectivity index (χ0v) is 12.8. The minimum absolute atomic E-state index is 0.152. The van der Waals surface area contributed by atoms with Crippen molar-refractivity contribution in [3.8, 4) is 0 Å². The summed E-state index contributed by atoms with van der Waals surface area (Å²) in [6.45, 7) is 1.30. The number of benzene rings is 1. The van der Waals surface area contributed by atoms with Crippen molar-refractivity contribution < 1.29 is 22.3 Å². The maximum absolute atomic E-state index is 13.6. The molecule has 0 aliphatic rings. The van der Waals surface area contributed by atoms with Crippen LogP contribution in [0, 0.1) is 5.82 Å². The summed E-state index contributed by atoms with van der Waals surface area (Å²) in [5, 5.41) is 0. The average Bonchev–Trinajstić information content (AvgIpc) is 2.28. The largest absolute Gasteiger partial charge is 0.465 e. The summed E-state index contributed by atoms with van der Waals surface area (Å²) in [5.41, 5.74) is 0. The lowest BCUT2D eigenvalue weighted by Crippen LogP contribution is -2.33. The lowest BCUT2D eigenvalue weighted by atomic mass is 10.3. The van der Waals surface area contributed by atoms with E-state index in [1.807, 2.05) is 0 Å². The third-order valence-electron chi connectivity index (χ3n) is 2.24. The lowest BCUT2D eigenvalue weighted by molar-refractivity contribution is -0.143. The molecule has 0 amide bonds. The topological polar surface area (TPSA) is 63.7 Å². The van der Waals surface area contributed by atoms with E-state index in [0.717, 1.165) is 16.4 Å². The van der Waals surface area contributed by atoms with Gasteiger partial charge in [-0.2, -0.15) is 4.31 Å². The molecule has 0 N–H and O–H groups in total. The Hall–Kier alpha value is -0.990. The van der Waals surface area contributed by atoms with Crippen molar-refractivity contribution in [3.63, 3.8) is 0 Å². The molecule has 0 atom stereocenters. The Kier molecular flexibility index (Phi) is 5.45. The summed E-state index contributed by atoms with van der Waals surface area (Å²) >= 11 is 3.04. The van der Waals surface area contributed by atoms with Gasteiger partial charge in [-0.05, 0) is 25.1 Å². The maximum Gasteiger partial charge on any atom is 0.321 e. The highest BCUT2D eigenvalue weighted by atomic mass is 79.9. The second-order valence-electron chi connectivity index (χ2n) is 3.64. The van der Waals surface area contributed by atoms with E-state index in [1.165, 1.54) is 13.1 Å². The highest BCUT2D eigenvalue weighted by molar-refractivity contribution is 9.10. The van der Waals surface area contributed by atoms with Crippen LogP contribution in [0.2, 0.25) is 0 Å². The van der Waals surface area contributed by atoms with Gasteiger partial charge in [-0.1, -0.05) is 15.9 Å². The highest BCUT2D eigenvalue weighted by Crippen LogP contribution is 2.21. The number of carbonyl (C=O) groups excluding carboxylic acids is 1. The summed E-state index contributed by atoms with van der Waals surface area (Å²) in [5.74, 6) is -1.57. The third-order valence-corrected chi connectivity index (χ3v) is 4.57. The number of carbonyl (C=O) groups is 1. The van der Waals surface area contributed by atoms with Crippen LogP contribution >= 0.6 is 15.9 Å². The normalized spacial score (nSPS) is 11.6. The van der Waals surface area contributed by atoms with E-state index in [9.17, 15) is 17.6 Å². The third kappa shape index (κ3) is 3.99. The summed E-state index contributed by atoms with van der Waals surface area (Å²) in [6.07, 6.45) is 0. The number of hydrogen-bond donors (Lipinski definition) is 0. The standard InChI is InChI=1S/C11H13BrFNO4S/c1-3-18-11(15)7-14(2)19(16,17)10-5-4-8(12)6-9(10)13/h4-6H,3,7H2,1-2H3. The molecule has 1 rings (SSSR count). The van der Waals surface area contributed by atoms with Gasteiger partial charge < -0.3 is 4.74 Å². The molecule has 106 valence electrons. The van der Waals surface area contributed by atoms with Gasteiger partial charge in [0.05, 0.1) is 6.61 Å². The number of likely N-dealkylation sites (N-methyl/N-ethyl adjacent to an activating group) is 1. The Labute approximate surface area is 119 Å². The summed E-state index contributed by atoms with van der Waals surface area (Å²) in [7, 11) is -2.87. The molecule has 0 bridgehead atoms. The number of rotatable bonds is 5. The Balaban J connectivity index is 3.00. The van der Waals surface area contributed by atoms with Crippen molar-refractivity contribution >= 4 is 31.9 Å². The van der Waals surface area contributed by atoms with Crippen LogP contribution in [0.4, 0.5) is 4.39 Å². The van der Waals surface area contributed by atoms with Crippen LogP contribution in [0.1, 0.15) is 6.92 Å². The van der Waals surface area contributed by atoms with Crippen LogP contribution in [0.3, 0.4) is 0 Å². The molecule has 0 spiro atoms. The van der Waals surface area contributed by atoms with Crippen LogP contribution in [-0.2, 0) is 19.6 Å². The summed E-state index contributed by atoms with van der Waals surface area (Å²) in [6, 6.07) is 3.59. The molecule has 1 aromatic rings. The van der Waals surface area contributed by atoms with E-state index in [4.69, 9.17) is 0 Å². The number of sulfonamides is 1. The van der Waals surface area contributed by atoms with Gasteiger partial charge in [0.1, 0.15) is 17.3 Å². The van der Waals surface area contributed by atoms with E-state index < -0.39 is 33.3 Å². The average molecular weight is 354 g/mol. The fourth-order valence-electron chi connectivity index (χ4n) is 1.33. The van der Waals surface area contributed by atoms with Crippen LogP contribution in [0.25, 0.3) is 0 Å². The monoisotopic (exact) mass is 353 g/mol. The molecule has 0 heterocycles. The van der Waals surface area contributed by atoms with Gasteiger partial charge in [0.25, 0.3) is 0 Å². The number of halogens is 2. The first kappa shape index (κ1) is 16.1. The second kappa shape index (κ2) is 6.44. The zero-order chi connectivity index (χ0) is 14.6. The molecule has 0 radical (unpaired) electrons. The molecule has 0 unspecified atom stereocenters. The predicted molar refractivity (Wildman–Crippen MR) is 70.5 cm³/mol. The minimum Gasteiger partial charge on any atom is -0.465 e. The van der Waals surface area contributed by atoms with E-state index in [2.05, 4.69) is 20.7 Å². The van der Waals surface area contributed by atoms with Crippen molar-refractivity contribution in [1.82, 2.24) is 4.31 Å². The van der Waals surface area contributed by atoms with Gasteiger partial charge in [-0.3, -0.25) is 4.79 Å². The van der Waals surface area contributed by atoms with Crippen LogP contribution in [-0.4, -0.2) is 38.9 Å². The quantitative estimate of drug-likeness (QED) is 0.756. The van der Waals surface area contributed by atoms with E-state index in [1.54, 1.807) is 6.92 Å². The Morgan fingerprint density at radius 1 is 1.47 bits per heavy atom. The minimum atomic E-state index is -4.06. The molecule has 0 saturated carbocycles. The first-order valence-electron chi connectivity index (χ1n) is 5.36. The molecule has 0 saturated heterocycles. The van der Waals surface area contributed by atoms with Gasteiger partial charge in [0, 0.05) is 11.5 Å². The second-order valence-corrected chi connectivity index (χ2v) is 6.57. The number of ether oxygens (including phenoxy) is 1. The molecular formula is C11H13BrFNO4S. The Bertz CT molecular complexity index is 576. The molecule has 0 aromatic heterocycles. The molecule has 0 aliphatic carbocycles. The summed E-state index contributed by atoms with van der Waals surface area (Å²) < 4.78 is 43.6. The van der Waals surface area contributed by atoms with E-state index >= 15 is 0 Å². The number of hydrogen-bond acceptors (Lipinski definition) is 4. The molecule has 0 fully saturated rings. The Morgan fingerprint density at radius 3 is 2.63 bits per heavy atom. The molecule has 1 aromatic carbocycles. The van der Waals surface area contributed by atoms with Gasteiger partial charge in [-0.15, -0.1) is 0 Å². The first-order valence-corrected chi connectivity index (χ1v) is 7.59. The van der Waals surface area contributed by atoms with Gasteiger partial charge in [0.2, 0.25) is 10.0 Å². The van der Waals surface area contributed by atoms with Crippen molar-refractivity contribution in [3.05, 3.63) is 28.5 Å². The van der Waals surface area contributed by atoms with Crippen LogP contribution in [0.5, 0.6) is 0 Å². The van der Waals surface area contributed by atoms with E-state index in [0.29, 0.717) is 4.47 Å². The van der Waals surface area contributed by atoms with E-state index in [-0.39, 0.29) is 6.61 Å². The van der Waals surface area contributed by atoms with Crippen molar-refractivity contribution in [1.29, 1.82) is 0 Å². The van der Waals surface area contributed by atoms with Crippen LogP contribution < -0.4 is 0 Å². The van der Waals surface area contributed by atoms with Gasteiger partial charge >= 0.3 is 5.97 Å². The fraction of sp³-hybridized carbons (Fsp3) is 0.364. The van der Waals surface area contributed by atoms with Crippen molar-refractivity contribution in [2.75, 3.05) is 20.2 Å². The molecule has 5 nitrogen and oxygen atoms in total. The van der Waals surface area contributed by atoms with Gasteiger partial charge in [0.15, 0.2) is 0 Å². The number of nitrogens with zero attached hydrogens (tertiary/aromatic N) is 1. The molecule has 19 heavy (non-hydrogen) atoms. The SMILES string of the molecule is CCOC(=O)CN(C)S(=O)(=O)c1ccc(Br)cc1F. The Morgan fingerprint density at radius 2 is 2.11 bits per heavy atom. The van der Waals surface area contributed by atoms with Crippen molar-refractivity contribution in [2.45, 2.75) is 11.8 Å². The maximum atomic E-state index is 13.6. The van der Waals surface area contributed by atoms with Crippen molar-refractivity contribution in [2.24, 2.45) is 0 Å². The highest BCUT2D eigenvalue weighted by Gasteiger charge is 2.26. The smallest absolute Gasteiger partial charge is 0.321 e. The van der Waals surface area contributed by atoms with Crippen LogP contribution in [0.15, 0.2) is 27.6 Å². The molecule has 8 heteroatoms. The van der Waals surface area contributed by atoms with Gasteiger partial charge in [-0.25, -0.2) is 12.8 Å². The fourth-order valence-corrected chi connectivity index (χ4v) is 2.82. The zero-order valence-electron chi connectivity index (χ0n) is 10.4. The molecule has 0 aliphatic heterocycles. The molecular weight excluding hydrogens is 341 g/mol. The predicted octanol–water partition coefficient (Wildman–Crippen LogP) is 1.77.